The van der Waals surface area contributed by atoms with E-state index in [0.717, 1.165) is 0 Å². The number of aliphatic imine (C=N–C) groups is 1. The molecular weight excluding hydrogens is 387 g/mol. The van der Waals surface area contributed by atoms with Crippen molar-refractivity contribution in [3.63, 3.8) is 0 Å². The van der Waals surface area contributed by atoms with Gasteiger partial charge in [-0.2, -0.15) is 0 Å². The number of sulfonamides is 1. The number of ether oxygens (including phenoxy) is 1. The lowest BCUT2D eigenvalue weighted by Gasteiger charge is -2.05. The lowest BCUT2D eigenvalue weighted by molar-refractivity contribution is -0.134. The molecule has 0 saturated carbocycles. The molecule has 9 heteroatoms. The van der Waals surface area contributed by atoms with Crippen LogP contribution in [0.15, 0.2) is 52.4 Å². The third-order valence-electron chi connectivity index (χ3n) is 3.32. The molecule has 25 heavy (non-hydrogen) atoms. The maximum atomic E-state index is 12.0. The molecule has 0 saturated heterocycles. The number of esters is 1. The van der Waals surface area contributed by atoms with Gasteiger partial charge in [0, 0.05) is 15.6 Å². The van der Waals surface area contributed by atoms with Crippen LogP contribution in [0, 0.1) is 0 Å². The van der Waals surface area contributed by atoms with E-state index in [4.69, 9.17) is 27.9 Å². The number of nitrogens with one attached hydrogen (secondary N) is 1. The summed E-state index contributed by atoms with van der Waals surface area (Å²) in [5, 5.41) is 0.708. The van der Waals surface area contributed by atoms with Crippen molar-refractivity contribution >= 4 is 45.0 Å². The van der Waals surface area contributed by atoms with Crippen molar-refractivity contribution < 1.29 is 17.9 Å². The van der Waals surface area contributed by atoms with E-state index in [1.165, 1.54) is 24.3 Å². The van der Waals surface area contributed by atoms with E-state index in [0.29, 0.717) is 15.6 Å². The standard InChI is InChI=1S/C16H12Cl2N2O4S/c17-10-7-11(18)9-12(8-10)24-15(21)5-6-19-16-13-3-1-2-4-14(13)25(22,23)20-16/h1-4,7-9H,5-6H2,(H,19,20). The molecule has 0 aliphatic carbocycles. The maximum Gasteiger partial charge on any atom is 0.313 e. The van der Waals surface area contributed by atoms with Gasteiger partial charge in [-0.1, -0.05) is 35.3 Å². The molecule has 1 heterocycles. The second-order valence-electron chi connectivity index (χ2n) is 5.16. The zero-order valence-corrected chi connectivity index (χ0v) is 15.0. The Kier molecular flexibility index (Phi) is 4.99. The van der Waals surface area contributed by atoms with Crippen LogP contribution in [-0.4, -0.2) is 26.8 Å². The van der Waals surface area contributed by atoms with Crippen molar-refractivity contribution in [2.45, 2.75) is 11.3 Å². The van der Waals surface area contributed by atoms with Crippen molar-refractivity contribution in [2.75, 3.05) is 6.54 Å². The topological polar surface area (TPSA) is 84.8 Å². The summed E-state index contributed by atoms with van der Waals surface area (Å²) in [5.41, 5.74) is 0.484. The molecule has 1 aliphatic heterocycles. The number of amidine groups is 1. The summed E-state index contributed by atoms with van der Waals surface area (Å²) in [4.78, 5) is 16.2. The van der Waals surface area contributed by atoms with Gasteiger partial charge in [-0.3, -0.25) is 14.5 Å². The van der Waals surface area contributed by atoms with E-state index in [9.17, 15) is 13.2 Å². The molecule has 0 radical (unpaired) electrons. The quantitative estimate of drug-likeness (QED) is 0.633. The van der Waals surface area contributed by atoms with Gasteiger partial charge in [0.15, 0.2) is 0 Å². The molecule has 130 valence electrons. The summed E-state index contributed by atoms with van der Waals surface area (Å²) in [6.45, 7) is 0.0688. The molecule has 1 N–H and O–H groups in total. The average molecular weight is 399 g/mol. The van der Waals surface area contributed by atoms with Crippen LogP contribution in [0.3, 0.4) is 0 Å². The fourth-order valence-electron chi connectivity index (χ4n) is 2.28. The number of hydrogen-bond acceptors (Lipinski definition) is 5. The first-order valence-corrected chi connectivity index (χ1v) is 9.42. The highest BCUT2D eigenvalue weighted by Crippen LogP contribution is 2.25. The van der Waals surface area contributed by atoms with E-state index >= 15 is 0 Å². The lowest BCUT2D eigenvalue weighted by Crippen LogP contribution is -2.22. The monoisotopic (exact) mass is 398 g/mol. The Bertz CT molecular complexity index is 954. The van der Waals surface area contributed by atoms with Crippen molar-refractivity contribution in [3.8, 4) is 5.75 Å². The summed E-state index contributed by atoms with van der Waals surface area (Å²) in [5.74, 6) is -0.0758. The van der Waals surface area contributed by atoms with Gasteiger partial charge in [0.05, 0.1) is 17.9 Å². The highest BCUT2D eigenvalue weighted by Gasteiger charge is 2.29. The van der Waals surface area contributed by atoms with Crippen LogP contribution in [-0.2, 0) is 14.8 Å². The van der Waals surface area contributed by atoms with Gasteiger partial charge >= 0.3 is 5.97 Å². The second-order valence-corrected chi connectivity index (χ2v) is 7.68. The predicted octanol–water partition coefficient (Wildman–Crippen LogP) is 3.03. The van der Waals surface area contributed by atoms with Gasteiger partial charge in [0.1, 0.15) is 11.6 Å². The number of carbonyl (C=O) groups excluding carboxylic acids is 1. The van der Waals surface area contributed by atoms with Gasteiger partial charge in [-0.15, -0.1) is 0 Å². The van der Waals surface area contributed by atoms with Gasteiger partial charge in [0.2, 0.25) is 0 Å². The number of hydrogen-bond donors (Lipinski definition) is 1. The molecule has 6 nitrogen and oxygen atoms in total. The Morgan fingerprint density at radius 1 is 1.12 bits per heavy atom. The summed E-state index contributed by atoms with van der Waals surface area (Å²) in [7, 11) is -3.59. The first-order valence-electron chi connectivity index (χ1n) is 7.18. The minimum atomic E-state index is -3.59. The fourth-order valence-corrected chi connectivity index (χ4v) is 4.04. The molecule has 2 aromatic carbocycles. The van der Waals surface area contributed by atoms with Crippen LogP contribution in [0.1, 0.15) is 12.0 Å². The molecule has 0 atom stereocenters. The van der Waals surface area contributed by atoms with Crippen LogP contribution in [0.5, 0.6) is 5.75 Å². The third kappa shape index (κ3) is 4.12. The van der Waals surface area contributed by atoms with Crippen LogP contribution >= 0.6 is 23.2 Å². The zero-order chi connectivity index (χ0) is 18.0. The lowest BCUT2D eigenvalue weighted by atomic mass is 10.2. The van der Waals surface area contributed by atoms with E-state index in [1.54, 1.807) is 18.2 Å². The number of halogens is 2. The average Bonchev–Trinajstić information content (AvgIpc) is 2.78. The van der Waals surface area contributed by atoms with Crippen molar-refractivity contribution in [1.82, 2.24) is 4.72 Å². The SMILES string of the molecule is O=C(CCN=C1NS(=O)(=O)c2ccccc21)Oc1cc(Cl)cc(Cl)c1. The van der Waals surface area contributed by atoms with Crippen LogP contribution in [0.25, 0.3) is 0 Å². The minimum absolute atomic E-state index is 0.0302. The van der Waals surface area contributed by atoms with Gasteiger partial charge in [-0.05, 0) is 30.3 Å². The van der Waals surface area contributed by atoms with Gasteiger partial charge in [0.25, 0.3) is 10.0 Å². The smallest absolute Gasteiger partial charge is 0.313 e. The Morgan fingerprint density at radius 3 is 2.52 bits per heavy atom. The molecule has 0 aromatic heterocycles. The van der Waals surface area contributed by atoms with E-state index < -0.39 is 16.0 Å². The maximum absolute atomic E-state index is 12.0. The molecular formula is C16H12Cl2N2O4S. The van der Waals surface area contributed by atoms with Crippen molar-refractivity contribution in [2.24, 2.45) is 4.99 Å². The molecule has 1 aliphatic rings. The van der Waals surface area contributed by atoms with Gasteiger partial charge < -0.3 is 4.74 Å². The molecule has 2 aromatic rings. The molecule has 0 fully saturated rings. The first-order chi connectivity index (χ1) is 11.8. The summed E-state index contributed by atoms with van der Waals surface area (Å²) >= 11 is 11.7. The molecule has 3 rings (SSSR count). The number of nitrogens with zero attached hydrogens (tertiary/aromatic N) is 1. The Labute approximate surface area is 154 Å². The van der Waals surface area contributed by atoms with Crippen molar-refractivity contribution in [3.05, 3.63) is 58.1 Å². The Hall–Kier alpha value is -2.09. The highest BCUT2D eigenvalue weighted by molar-refractivity contribution is 7.90. The third-order valence-corrected chi connectivity index (χ3v) is 5.15. The largest absolute Gasteiger partial charge is 0.426 e. The zero-order valence-electron chi connectivity index (χ0n) is 12.7. The number of benzene rings is 2. The Balaban J connectivity index is 1.65. The van der Waals surface area contributed by atoms with E-state index in [-0.39, 0.29) is 29.4 Å². The Morgan fingerprint density at radius 2 is 1.80 bits per heavy atom. The number of carbonyl (C=O) groups is 1. The molecule has 0 spiro atoms. The van der Waals surface area contributed by atoms with Gasteiger partial charge in [-0.25, -0.2) is 8.42 Å². The number of rotatable bonds is 4. The second kappa shape index (κ2) is 7.03. The summed E-state index contributed by atoms with van der Waals surface area (Å²) < 4.78 is 31.4. The fraction of sp³-hybridized carbons (Fsp3) is 0.125. The van der Waals surface area contributed by atoms with E-state index in [1.807, 2.05) is 0 Å². The van der Waals surface area contributed by atoms with Crippen LogP contribution in [0.2, 0.25) is 10.0 Å². The van der Waals surface area contributed by atoms with Crippen LogP contribution in [0.4, 0.5) is 0 Å². The minimum Gasteiger partial charge on any atom is -0.426 e. The molecule has 0 amide bonds. The summed E-state index contributed by atoms with van der Waals surface area (Å²) in [6, 6.07) is 11.0. The molecule has 0 unspecified atom stereocenters. The highest BCUT2D eigenvalue weighted by atomic mass is 35.5. The molecule has 0 bridgehead atoms. The van der Waals surface area contributed by atoms with Crippen molar-refractivity contribution in [1.29, 1.82) is 0 Å². The normalized spacial score (nSPS) is 16.3. The van der Waals surface area contributed by atoms with E-state index in [2.05, 4.69) is 9.71 Å². The predicted molar refractivity (Wildman–Crippen MR) is 94.9 cm³/mol. The first kappa shape index (κ1) is 17.7. The number of fused-ring (bicyclic) bond motifs is 1. The van der Waals surface area contributed by atoms with Crippen LogP contribution < -0.4 is 9.46 Å². The summed E-state index contributed by atoms with van der Waals surface area (Å²) in [6.07, 6.45) is -0.0302.